The zero-order chi connectivity index (χ0) is 14.8. The van der Waals surface area contributed by atoms with Gasteiger partial charge < -0.3 is 15.4 Å². The topological polar surface area (TPSA) is 55.6 Å². The van der Waals surface area contributed by atoms with Crippen molar-refractivity contribution in [1.82, 2.24) is 0 Å². The Kier molecular flexibility index (Phi) is 3.75. The summed E-state index contributed by atoms with van der Waals surface area (Å²) in [4.78, 5) is 15.7. The fourth-order valence-corrected chi connectivity index (χ4v) is 3.40. The number of carbonyl (C=O) groups is 1. The second-order valence-corrected chi connectivity index (χ2v) is 5.87. The summed E-state index contributed by atoms with van der Waals surface area (Å²) in [5, 5.41) is 0. The van der Waals surface area contributed by atoms with E-state index in [9.17, 15) is 4.79 Å². The SMILES string of the molecule is COc1ccc(C(=O)N2CCSc3ccccc32)cc1N. The molecular formula is C16H16N2O2S. The molecule has 0 atom stereocenters. The lowest BCUT2D eigenvalue weighted by atomic mass is 10.1. The summed E-state index contributed by atoms with van der Waals surface area (Å²) in [6.45, 7) is 0.701. The van der Waals surface area contributed by atoms with Gasteiger partial charge in [0.1, 0.15) is 5.75 Å². The average molecular weight is 300 g/mol. The highest BCUT2D eigenvalue weighted by Crippen LogP contribution is 2.35. The smallest absolute Gasteiger partial charge is 0.258 e. The molecule has 2 aromatic rings. The molecule has 0 spiro atoms. The van der Waals surface area contributed by atoms with Gasteiger partial charge in [0.25, 0.3) is 5.91 Å². The summed E-state index contributed by atoms with van der Waals surface area (Å²) in [5.74, 6) is 1.45. The van der Waals surface area contributed by atoms with Crippen LogP contribution in [0, 0.1) is 0 Å². The number of nitrogens with two attached hydrogens (primary N) is 1. The van der Waals surface area contributed by atoms with E-state index in [0.717, 1.165) is 16.3 Å². The highest BCUT2D eigenvalue weighted by Gasteiger charge is 2.24. The van der Waals surface area contributed by atoms with Gasteiger partial charge in [-0.1, -0.05) is 12.1 Å². The van der Waals surface area contributed by atoms with E-state index in [4.69, 9.17) is 10.5 Å². The van der Waals surface area contributed by atoms with Crippen LogP contribution >= 0.6 is 11.8 Å². The van der Waals surface area contributed by atoms with Crippen molar-refractivity contribution in [3.8, 4) is 5.75 Å². The lowest BCUT2D eigenvalue weighted by molar-refractivity contribution is 0.0987. The van der Waals surface area contributed by atoms with E-state index in [1.165, 1.54) is 0 Å². The number of nitrogen functional groups attached to an aromatic ring is 1. The van der Waals surface area contributed by atoms with E-state index in [-0.39, 0.29) is 5.91 Å². The molecule has 0 saturated carbocycles. The maximum absolute atomic E-state index is 12.7. The Morgan fingerprint density at radius 3 is 2.86 bits per heavy atom. The summed E-state index contributed by atoms with van der Waals surface area (Å²) in [6, 6.07) is 13.1. The maximum Gasteiger partial charge on any atom is 0.258 e. The van der Waals surface area contributed by atoms with E-state index in [1.807, 2.05) is 29.2 Å². The molecule has 0 radical (unpaired) electrons. The maximum atomic E-state index is 12.7. The number of ether oxygens (including phenoxy) is 1. The molecule has 0 saturated heterocycles. The Bertz CT molecular complexity index is 688. The Morgan fingerprint density at radius 2 is 2.10 bits per heavy atom. The Hall–Kier alpha value is -2.14. The van der Waals surface area contributed by atoms with Crippen molar-refractivity contribution in [3.63, 3.8) is 0 Å². The van der Waals surface area contributed by atoms with Crippen LogP contribution in [0.4, 0.5) is 11.4 Å². The highest BCUT2D eigenvalue weighted by atomic mass is 32.2. The number of carbonyl (C=O) groups excluding carboxylic acids is 1. The van der Waals surface area contributed by atoms with Crippen LogP contribution < -0.4 is 15.4 Å². The average Bonchev–Trinajstić information content (AvgIpc) is 2.53. The second kappa shape index (κ2) is 5.69. The van der Waals surface area contributed by atoms with Gasteiger partial charge in [-0.3, -0.25) is 4.79 Å². The number of thioether (sulfide) groups is 1. The van der Waals surface area contributed by atoms with Crippen molar-refractivity contribution in [3.05, 3.63) is 48.0 Å². The number of benzene rings is 2. The van der Waals surface area contributed by atoms with Gasteiger partial charge in [0.2, 0.25) is 0 Å². The number of fused-ring (bicyclic) bond motifs is 1. The van der Waals surface area contributed by atoms with Crippen molar-refractivity contribution in [2.45, 2.75) is 4.90 Å². The quantitative estimate of drug-likeness (QED) is 0.866. The van der Waals surface area contributed by atoms with Gasteiger partial charge in [-0.05, 0) is 30.3 Å². The van der Waals surface area contributed by atoms with Crippen LogP contribution in [-0.2, 0) is 0 Å². The Morgan fingerprint density at radius 1 is 1.29 bits per heavy atom. The number of anilines is 2. The predicted octanol–water partition coefficient (Wildman–Crippen LogP) is 3.03. The van der Waals surface area contributed by atoms with Crippen LogP contribution in [0.3, 0.4) is 0 Å². The number of methoxy groups -OCH3 is 1. The lowest BCUT2D eigenvalue weighted by Crippen LogP contribution is -2.35. The third kappa shape index (κ3) is 2.56. The molecule has 1 amide bonds. The van der Waals surface area contributed by atoms with Crippen molar-refractivity contribution in [2.75, 3.05) is 30.0 Å². The molecule has 0 aliphatic carbocycles. The van der Waals surface area contributed by atoms with Gasteiger partial charge in [-0.25, -0.2) is 0 Å². The van der Waals surface area contributed by atoms with Crippen LogP contribution in [-0.4, -0.2) is 25.3 Å². The molecule has 2 N–H and O–H groups in total. The first-order valence-electron chi connectivity index (χ1n) is 6.68. The molecule has 0 bridgehead atoms. The summed E-state index contributed by atoms with van der Waals surface area (Å²) in [7, 11) is 1.56. The summed E-state index contributed by atoms with van der Waals surface area (Å²) < 4.78 is 5.13. The molecule has 0 aromatic heterocycles. The van der Waals surface area contributed by atoms with Crippen LogP contribution in [0.1, 0.15) is 10.4 Å². The van der Waals surface area contributed by atoms with Gasteiger partial charge in [0.15, 0.2) is 0 Å². The molecule has 108 valence electrons. The standard InChI is InChI=1S/C16H16N2O2S/c1-20-14-7-6-11(10-12(14)17)16(19)18-8-9-21-15-5-3-2-4-13(15)18/h2-7,10H,8-9,17H2,1H3. The second-order valence-electron chi connectivity index (χ2n) is 4.73. The van der Waals surface area contributed by atoms with Gasteiger partial charge in [-0.15, -0.1) is 11.8 Å². The molecule has 5 heteroatoms. The molecule has 1 heterocycles. The summed E-state index contributed by atoms with van der Waals surface area (Å²) in [5.41, 5.74) is 7.91. The van der Waals surface area contributed by atoms with Crippen LogP contribution in [0.5, 0.6) is 5.75 Å². The van der Waals surface area contributed by atoms with Crippen LogP contribution in [0.25, 0.3) is 0 Å². The van der Waals surface area contributed by atoms with Gasteiger partial charge >= 0.3 is 0 Å². The highest BCUT2D eigenvalue weighted by molar-refractivity contribution is 7.99. The van der Waals surface area contributed by atoms with Crippen LogP contribution in [0.2, 0.25) is 0 Å². The number of hydrogen-bond acceptors (Lipinski definition) is 4. The molecular weight excluding hydrogens is 284 g/mol. The largest absolute Gasteiger partial charge is 0.495 e. The van der Waals surface area contributed by atoms with E-state index in [1.54, 1.807) is 37.1 Å². The minimum atomic E-state index is -0.0305. The molecule has 21 heavy (non-hydrogen) atoms. The minimum Gasteiger partial charge on any atom is -0.495 e. The monoisotopic (exact) mass is 300 g/mol. The van der Waals surface area contributed by atoms with Crippen molar-refractivity contribution in [2.24, 2.45) is 0 Å². The molecule has 0 unspecified atom stereocenters. The van der Waals surface area contributed by atoms with E-state index < -0.39 is 0 Å². The predicted molar refractivity (Wildman–Crippen MR) is 86.2 cm³/mol. The molecule has 2 aromatic carbocycles. The van der Waals surface area contributed by atoms with Gasteiger partial charge in [0.05, 0.1) is 18.5 Å². The van der Waals surface area contributed by atoms with E-state index >= 15 is 0 Å². The number of nitrogens with zero attached hydrogens (tertiary/aromatic N) is 1. The Labute approximate surface area is 127 Å². The first kappa shape index (κ1) is 13.8. The van der Waals surface area contributed by atoms with E-state index in [0.29, 0.717) is 23.5 Å². The zero-order valence-corrected chi connectivity index (χ0v) is 12.5. The Balaban J connectivity index is 1.95. The first-order chi connectivity index (χ1) is 10.2. The molecule has 1 aliphatic rings. The zero-order valence-electron chi connectivity index (χ0n) is 11.7. The van der Waals surface area contributed by atoms with Crippen molar-refractivity contribution in [1.29, 1.82) is 0 Å². The van der Waals surface area contributed by atoms with Gasteiger partial charge in [-0.2, -0.15) is 0 Å². The fraction of sp³-hybridized carbons (Fsp3) is 0.188. The molecule has 3 rings (SSSR count). The number of para-hydroxylation sites is 1. The molecule has 0 fully saturated rings. The third-order valence-corrected chi connectivity index (χ3v) is 4.49. The first-order valence-corrected chi connectivity index (χ1v) is 7.66. The third-order valence-electron chi connectivity index (χ3n) is 3.45. The molecule has 4 nitrogen and oxygen atoms in total. The lowest BCUT2D eigenvalue weighted by Gasteiger charge is -2.29. The molecule has 1 aliphatic heterocycles. The van der Waals surface area contributed by atoms with Crippen molar-refractivity contribution < 1.29 is 9.53 Å². The summed E-state index contributed by atoms with van der Waals surface area (Å²) in [6.07, 6.45) is 0. The fourth-order valence-electron chi connectivity index (χ4n) is 2.40. The summed E-state index contributed by atoms with van der Waals surface area (Å²) >= 11 is 1.78. The van der Waals surface area contributed by atoms with Gasteiger partial charge in [0, 0.05) is 22.8 Å². The number of amides is 1. The van der Waals surface area contributed by atoms with E-state index in [2.05, 4.69) is 0 Å². The number of hydrogen-bond donors (Lipinski definition) is 1. The van der Waals surface area contributed by atoms with Crippen molar-refractivity contribution >= 4 is 29.0 Å². The van der Waals surface area contributed by atoms with Crippen LogP contribution in [0.15, 0.2) is 47.4 Å². The minimum absolute atomic E-state index is 0.0305. The normalized spacial score (nSPS) is 13.7. The number of rotatable bonds is 2.